The van der Waals surface area contributed by atoms with Crippen LogP contribution in [-0.4, -0.2) is 48.2 Å². The molecule has 2 unspecified atom stereocenters. The minimum atomic E-state index is 0.0773. The van der Waals surface area contributed by atoms with Crippen molar-refractivity contribution >= 4 is 5.91 Å². The lowest BCUT2D eigenvalue weighted by Gasteiger charge is -2.35. The van der Waals surface area contributed by atoms with Crippen LogP contribution in [0.2, 0.25) is 0 Å². The number of carbonyl (C=O) groups excluding carboxylic acids is 1. The highest BCUT2D eigenvalue weighted by Gasteiger charge is 2.26. The summed E-state index contributed by atoms with van der Waals surface area (Å²) in [6, 6.07) is 3.63. The molecule has 3 heterocycles. The summed E-state index contributed by atoms with van der Waals surface area (Å²) in [5.41, 5.74) is 0.644. The summed E-state index contributed by atoms with van der Waals surface area (Å²) in [7, 11) is 0. The maximum Gasteiger partial charge on any atom is 0.255 e. The number of nitrogens with zero attached hydrogens (tertiary/aromatic N) is 2. The molecule has 2 fully saturated rings. The number of ether oxygens (including phenoxy) is 2. The van der Waals surface area contributed by atoms with Gasteiger partial charge in [-0.3, -0.25) is 4.79 Å². The first-order chi connectivity index (χ1) is 11.1. The molecule has 2 aliphatic heterocycles. The summed E-state index contributed by atoms with van der Waals surface area (Å²) >= 11 is 0. The second-order valence-electron chi connectivity index (χ2n) is 6.97. The Morgan fingerprint density at radius 2 is 1.91 bits per heavy atom. The topological polar surface area (TPSA) is 51.7 Å². The van der Waals surface area contributed by atoms with Crippen LogP contribution < -0.4 is 4.74 Å². The third-order valence-corrected chi connectivity index (χ3v) is 4.60. The van der Waals surface area contributed by atoms with Gasteiger partial charge in [0, 0.05) is 38.2 Å². The SMILES string of the molecule is CC1CC(C)CN(C(=O)c2ccc(OC3CCOCC3)nc2)C1. The number of aromatic nitrogens is 1. The number of piperidine rings is 1. The average Bonchev–Trinajstić information content (AvgIpc) is 2.55. The lowest BCUT2D eigenvalue weighted by atomic mass is 9.91. The van der Waals surface area contributed by atoms with Gasteiger partial charge >= 0.3 is 0 Å². The standard InChI is InChI=1S/C18H26N2O3/c1-13-9-14(2)12-20(11-13)18(21)15-3-4-17(19-10-15)23-16-5-7-22-8-6-16/h3-4,10,13-14,16H,5-9,11-12H2,1-2H3. The van der Waals surface area contributed by atoms with Crippen molar-refractivity contribution in [3.05, 3.63) is 23.9 Å². The molecular weight excluding hydrogens is 292 g/mol. The molecule has 0 saturated carbocycles. The molecule has 0 spiro atoms. The van der Waals surface area contributed by atoms with Crippen molar-refractivity contribution in [2.45, 2.75) is 39.2 Å². The minimum Gasteiger partial charge on any atom is -0.474 e. The van der Waals surface area contributed by atoms with E-state index in [2.05, 4.69) is 18.8 Å². The number of pyridine rings is 1. The average molecular weight is 318 g/mol. The number of hydrogen-bond donors (Lipinski definition) is 0. The van der Waals surface area contributed by atoms with Crippen molar-refractivity contribution in [3.8, 4) is 5.88 Å². The van der Waals surface area contributed by atoms with E-state index in [-0.39, 0.29) is 12.0 Å². The molecule has 2 atom stereocenters. The van der Waals surface area contributed by atoms with E-state index in [9.17, 15) is 4.79 Å². The quantitative estimate of drug-likeness (QED) is 0.860. The minimum absolute atomic E-state index is 0.0773. The van der Waals surface area contributed by atoms with Gasteiger partial charge in [-0.1, -0.05) is 13.8 Å². The summed E-state index contributed by atoms with van der Waals surface area (Å²) in [5.74, 6) is 1.79. The Morgan fingerprint density at radius 1 is 1.22 bits per heavy atom. The van der Waals surface area contributed by atoms with E-state index in [1.54, 1.807) is 12.3 Å². The van der Waals surface area contributed by atoms with Gasteiger partial charge < -0.3 is 14.4 Å². The van der Waals surface area contributed by atoms with Crippen LogP contribution in [0.1, 0.15) is 43.5 Å². The second-order valence-corrected chi connectivity index (χ2v) is 6.97. The van der Waals surface area contributed by atoms with Gasteiger partial charge in [-0.25, -0.2) is 4.98 Å². The molecule has 2 aliphatic rings. The fourth-order valence-electron chi connectivity index (χ4n) is 3.55. The first-order valence-corrected chi connectivity index (χ1v) is 8.61. The smallest absolute Gasteiger partial charge is 0.255 e. The van der Waals surface area contributed by atoms with Crippen LogP contribution in [0, 0.1) is 11.8 Å². The molecule has 23 heavy (non-hydrogen) atoms. The van der Waals surface area contributed by atoms with Gasteiger partial charge in [0.1, 0.15) is 6.10 Å². The predicted molar refractivity (Wildman–Crippen MR) is 87.6 cm³/mol. The van der Waals surface area contributed by atoms with Crippen LogP contribution in [0.3, 0.4) is 0 Å². The number of amides is 1. The molecule has 126 valence electrons. The fraction of sp³-hybridized carbons (Fsp3) is 0.667. The summed E-state index contributed by atoms with van der Waals surface area (Å²) in [6.45, 7) is 7.57. The first kappa shape index (κ1) is 16.2. The van der Waals surface area contributed by atoms with Gasteiger partial charge in [-0.15, -0.1) is 0 Å². The van der Waals surface area contributed by atoms with Gasteiger partial charge in [0.2, 0.25) is 5.88 Å². The van der Waals surface area contributed by atoms with E-state index in [0.29, 0.717) is 23.3 Å². The van der Waals surface area contributed by atoms with Crippen molar-refractivity contribution in [3.63, 3.8) is 0 Å². The van der Waals surface area contributed by atoms with Crippen molar-refractivity contribution in [1.29, 1.82) is 0 Å². The molecular formula is C18H26N2O3. The van der Waals surface area contributed by atoms with E-state index in [1.165, 1.54) is 6.42 Å². The number of likely N-dealkylation sites (tertiary alicyclic amines) is 1. The number of rotatable bonds is 3. The monoisotopic (exact) mass is 318 g/mol. The van der Waals surface area contributed by atoms with E-state index in [1.807, 2.05) is 11.0 Å². The Balaban J connectivity index is 1.60. The summed E-state index contributed by atoms with van der Waals surface area (Å²) in [4.78, 5) is 18.9. The molecule has 0 bridgehead atoms. The van der Waals surface area contributed by atoms with Crippen LogP contribution in [0.25, 0.3) is 0 Å². The zero-order valence-corrected chi connectivity index (χ0v) is 14.0. The Labute approximate surface area is 138 Å². The maximum absolute atomic E-state index is 12.6. The molecule has 1 amide bonds. The van der Waals surface area contributed by atoms with E-state index in [0.717, 1.165) is 39.1 Å². The lowest BCUT2D eigenvalue weighted by Crippen LogP contribution is -2.42. The maximum atomic E-state index is 12.6. The molecule has 1 aromatic heterocycles. The van der Waals surface area contributed by atoms with E-state index < -0.39 is 0 Å². The van der Waals surface area contributed by atoms with Crippen LogP contribution in [-0.2, 0) is 4.74 Å². The highest BCUT2D eigenvalue weighted by atomic mass is 16.5. The molecule has 1 aromatic rings. The van der Waals surface area contributed by atoms with Crippen LogP contribution in [0.5, 0.6) is 5.88 Å². The number of hydrogen-bond acceptors (Lipinski definition) is 4. The molecule has 0 N–H and O–H groups in total. The van der Waals surface area contributed by atoms with Crippen LogP contribution in [0.15, 0.2) is 18.3 Å². The normalized spacial score (nSPS) is 26.1. The van der Waals surface area contributed by atoms with Crippen molar-refractivity contribution < 1.29 is 14.3 Å². The van der Waals surface area contributed by atoms with Gasteiger partial charge in [0.15, 0.2) is 0 Å². The Hall–Kier alpha value is -1.62. The zero-order valence-electron chi connectivity index (χ0n) is 14.0. The Morgan fingerprint density at radius 3 is 2.52 bits per heavy atom. The van der Waals surface area contributed by atoms with Crippen molar-refractivity contribution in [1.82, 2.24) is 9.88 Å². The molecule has 2 saturated heterocycles. The Kier molecular flexibility index (Phi) is 5.16. The molecule has 0 aromatic carbocycles. The third-order valence-electron chi connectivity index (χ3n) is 4.60. The molecule has 5 heteroatoms. The van der Waals surface area contributed by atoms with Crippen molar-refractivity contribution in [2.24, 2.45) is 11.8 Å². The fourth-order valence-corrected chi connectivity index (χ4v) is 3.55. The first-order valence-electron chi connectivity index (χ1n) is 8.61. The zero-order chi connectivity index (χ0) is 16.2. The lowest BCUT2D eigenvalue weighted by molar-refractivity contribution is 0.0237. The molecule has 3 rings (SSSR count). The van der Waals surface area contributed by atoms with E-state index >= 15 is 0 Å². The molecule has 0 radical (unpaired) electrons. The van der Waals surface area contributed by atoms with Gasteiger partial charge in [0.05, 0.1) is 18.8 Å². The predicted octanol–water partition coefficient (Wildman–Crippen LogP) is 2.76. The summed E-state index contributed by atoms with van der Waals surface area (Å²) in [6.07, 6.45) is 4.79. The van der Waals surface area contributed by atoms with Gasteiger partial charge in [-0.05, 0) is 24.3 Å². The van der Waals surface area contributed by atoms with Crippen LogP contribution in [0.4, 0.5) is 0 Å². The third kappa shape index (κ3) is 4.22. The van der Waals surface area contributed by atoms with Crippen LogP contribution >= 0.6 is 0 Å². The highest BCUT2D eigenvalue weighted by molar-refractivity contribution is 5.94. The van der Waals surface area contributed by atoms with Gasteiger partial charge in [-0.2, -0.15) is 0 Å². The Bertz CT molecular complexity index is 516. The number of carbonyl (C=O) groups is 1. The molecule has 5 nitrogen and oxygen atoms in total. The van der Waals surface area contributed by atoms with Gasteiger partial charge in [0.25, 0.3) is 5.91 Å². The summed E-state index contributed by atoms with van der Waals surface area (Å²) < 4.78 is 11.2. The largest absolute Gasteiger partial charge is 0.474 e. The summed E-state index contributed by atoms with van der Waals surface area (Å²) in [5, 5.41) is 0. The molecule has 0 aliphatic carbocycles. The van der Waals surface area contributed by atoms with E-state index in [4.69, 9.17) is 9.47 Å². The van der Waals surface area contributed by atoms with Crippen molar-refractivity contribution in [2.75, 3.05) is 26.3 Å². The highest BCUT2D eigenvalue weighted by Crippen LogP contribution is 2.23. The second kappa shape index (κ2) is 7.30.